The molecule has 2 aliphatic heterocycles. The monoisotopic (exact) mass is 190 g/mol. The highest BCUT2D eigenvalue weighted by molar-refractivity contribution is 5.28. The van der Waals surface area contributed by atoms with E-state index in [-0.39, 0.29) is 5.54 Å². The van der Waals surface area contributed by atoms with Crippen LogP contribution in [-0.2, 0) is 10.4 Å². The van der Waals surface area contributed by atoms with E-state index in [2.05, 4.69) is 35.1 Å². The van der Waals surface area contributed by atoms with Gasteiger partial charge in [0.25, 0.3) is 0 Å². The van der Waals surface area contributed by atoms with Crippen LogP contribution in [0.5, 0.6) is 0 Å². The first kappa shape index (κ1) is 8.41. The third kappa shape index (κ3) is 1.03. The molecular formula is C11H14N2O. The molecule has 2 atom stereocenters. The van der Waals surface area contributed by atoms with Crippen LogP contribution in [0, 0.1) is 5.92 Å². The Kier molecular flexibility index (Phi) is 1.83. The third-order valence-corrected chi connectivity index (χ3v) is 3.32. The number of hydrogen-bond donors (Lipinski definition) is 2. The summed E-state index contributed by atoms with van der Waals surface area (Å²) < 4.78 is 0. The number of rotatable bonds is 1. The Morgan fingerprint density at radius 2 is 2.14 bits per heavy atom. The van der Waals surface area contributed by atoms with Crippen molar-refractivity contribution in [2.75, 3.05) is 19.7 Å². The van der Waals surface area contributed by atoms with Gasteiger partial charge in [0, 0.05) is 19.0 Å². The van der Waals surface area contributed by atoms with E-state index in [1.54, 1.807) is 0 Å². The molecule has 0 aromatic heterocycles. The van der Waals surface area contributed by atoms with Gasteiger partial charge in [-0.25, -0.2) is 0 Å². The van der Waals surface area contributed by atoms with Crippen LogP contribution in [-0.4, -0.2) is 19.7 Å². The van der Waals surface area contributed by atoms with Crippen molar-refractivity contribution >= 4 is 0 Å². The van der Waals surface area contributed by atoms with Crippen LogP contribution in [0.25, 0.3) is 0 Å². The van der Waals surface area contributed by atoms with Crippen LogP contribution < -0.4 is 10.8 Å². The molecule has 2 fully saturated rings. The summed E-state index contributed by atoms with van der Waals surface area (Å²) in [5.74, 6) is 0.560. The number of hydrogen-bond acceptors (Lipinski definition) is 3. The van der Waals surface area contributed by atoms with Gasteiger partial charge in [-0.05, 0) is 5.56 Å². The lowest BCUT2D eigenvalue weighted by Crippen LogP contribution is -2.42. The van der Waals surface area contributed by atoms with Crippen molar-refractivity contribution < 1.29 is 4.84 Å². The van der Waals surface area contributed by atoms with Crippen molar-refractivity contribution in [3.05, 3.63) is 35.9 Å². The molecule has 0 bridgehead atoms. The van der Waals surface area contributed by atoms with Crippen LogP contribution in [0.2, 0.25) is 0 Å². The fourth-order valence-electron chi connectivity index (χ4n) is 2.49. The van der Waals surface area contributed by atoms with Crippen LogP contribution in [0.1, 0.15) is 5.56 Å². The SMILES string of the molecule is c1ccc(C23CNCC2CON3)cc1. The smallest absolute Gasteiger partial charge is 0.0867 e. The summed E-state index contributed by atoms with van der Waals surface area (Å²) >= 11 is 0. The first-order valence-corrected chi connectivity index (χ1v) is 5.07. The molecule has 74 valence electrons. The second-order valence-corrected chi connectivity index (χ2v) is 4.08. The molecule has 2 aliphatic rings. The van der Waals surface area contributed by atoms with Crippen LogP contribution in [0.3, 0.4) is 0 Å². The highest BCUT2D eigenvalue weighted by atomic mass is 16.7. The van der Waals surface area contributed by atoms with Crippen molar-refractivity contribution in [2.24, 2.45) is 5.92 Å². The normalized spacial score (nSPS) is 35.9. The largest absolute Gasteiger partial charge is 0.314 e. The lowest BCUT2D eigenvalue weighted by atomic mass is 9.83. The van der Waals surface area contributed by atoms with Gasteiger partial charge in [0.2, 0.25) is 0 Å². The van der Waals surface area contributed by atoms with Gasteiger partial charge in [0.15, 0.2) is 0 Å². The van der Waals surface area contributed by atoms with Crippen molar-refractivity contribution in [3.63, 3.8) is 0 Å². The zero-order chi connectivity index (χ0) is 9.43. The van der Waals surface area contributed by atoms with E-state index < -0.39 is 0 Å². The highest BCUT2D eigenvalue weighted by Crippen LogP contribution is 2.36. The Bertz CT molecular complexity index is 315. The number of hydroxylamine groups is 1. The maximum Gasteiger partial charge on any atom is 0.0867 e. The van der Waals surface area contributed by atoms with Crippen LogP contribution >= 0.6 is 0 Å². The molecule has 1 aromatic carbocycles. The van der Waals surface area contributed by atoms with Gasteiger partial charge in [-0.3, -0.25) is 0 Å². The first-order valence-electron chi connectivity index (χ1n) is 5.07. The topological polar surface area (TPSA) is 33.3 Å². The van der Waals surface area contributed by atoms with Crippen molar-refractivity contribution in [3.8, 4) is 0 Å². The van der Waals surface area contributed by atoms with Gasteiger partial charge in [0.1, 0.15) is 0 Å². The predicted molar refractivity (Wildman–Crippen MR) is 53.6 cm³/mol. The Balaban J connectivity index is 2.03. The summed E-state index contributed by atoms with van der Waals surface area (Å²) in [6, 6.07) is 10.6. The van der Waals surface area contributed by atoms with E-state index in [1.165, 1.54) is 5.56 Å². The first-order chi connectivity index (χ1) is 6.92. The van der Waals surface area contributed by atoms with Gasteiger partial charge in [-0.2, -0.15) is 5.48 Å². The van der Waals surface area contributed by atoms with E-state index in [0.717, 1.165) is 19.7 Å². The fraction of sp³-hybridized carbons (Fsp3) is 0.455. The van der Waals surface area contributed by atoms with Crippen molar-refractivity contribution in [1.29, 1.82) is 0 Å². The zero-order valence-corrected chi connectivity index (χ0v) is 7.99. The van der Waals surface area contributed by atoms with E-state index in [4.69, 9.17) is 4.84 Å². The molecule has 14 heavy (non-hydrogen) atoms. The van der Waals surface area contributed by atoms with Crippen LogP contribution in [0.15, 0.2) is 30.3 Å². The van der Waals surface area contributed by atoms with E-state index >= 15 is 0 Å². The van der Waals surface area contributed by atoms with Gasteiger partial charge in [0.05, 0.1) is 12.1 Å². The molecule has 2 N–H and O–H groups in total. The lowest BCUT2D eigenvalue weighted by molar-refractivity contribution is 0.0599. The standard InChI is InChI=1S/C11H14N2O/c1-2-4-9(5-3-1)11-8-12-6-10(11)7-14-13-11/h1-5,10,12-13H,6-8H2. The Hall–Kier alpha value is -0.900. The Morgan fingerprint density at radius 3 is 3.00 bits per heavy atom. The average Bonchev–Trinajstić information content (AvgIpc) is 2.77. The van der Waals surface area contributed by atoms with E-state index in [1.807, 2.05) is 6.07 Å². The summed E-state index contributed by atoms with van der Waals surface area (Å²) in [7, 11) is 0. The molecule has 3 rings (SSSR count). The number of fused-ring (bicyclic) bond motifs is 1. The van der Waals surface area contributed by atoms with E-state index in [9.17, 15) is 0 Å². The molecule has 0 radical (unpaired) electrons. The quantitative estimate of drug-likeness (QED) is 0.681. The minimum atomic E-state index is 0.0151. The van der Waals surface area contributed by atoms with Crippen LogP contribution in [0.4, 0.5) is 0 Å². The van der Waals surface area contributed by atoms with E-state index in [0.29, 0.717) is 5.92 Å². The molecule has 3 nitrogen and oxygen atoms in total. The fourth-order valence-corrected chi connectivity index (χ4v) is 2.49. The van der Waals surface area contributed by atoms with Gasteiger partial charge in [-0.1, -0.05) is 30.3 Å². The summed E-state index contributed by atoms with van der Waals surface area (Å²) in [6.07, 6.45) is 0. The molecule has 0 aliphatic carbocycles. The van der Waals surface area contributed by atoms with Crippen molar-refractivity contribution in [2.45, 2.75) is 5.54 Å². The third-order valence-electron chi connectivity index (χ3n) is 3.32. The molecule has 1 aromatic rings. The zero-order valence-electron chi connectivity index (χ0n) is 7.99. The minimum absolute atomic E-state index is 0.0151. The number of nitrogens with one attached hydrogen (secondary N) is 2. The summed E-state index contributed by atoms with van der Waals surface area (Å²) in [6.45, 7) is 2.81. The van der Waals surface area contributed by atoms with Crippen molar-refractivity contribution in [1.82, 2.24) is 10.8 Å². The average molecular weight is 190 g/mol. The lowest BCUT2D eigenvalue weighted by Gasteiger charge is -2.26. The summed E-state index contributed by atoms with van der Waals surface area (Å²) in [5.41, 5.74) is 4.53. The van der Waals surface area contributed by atoms with Gasteiger partial charge in [-0.15, -0.1) is 0 Å². The summed E-state index contributed by atoms with van der Waals surface area (Å²) in [4.78, 5) is 5.38. The molecule has 0 amide bonds. The second kappa shape index (κ2) is 3.05. The van der Waals surface area contributed by atoms with Gasteiger partial charge >= 0.3 is 0 Å². The predicted octanol–water partition coefficient (Wildman–Crippen LogP) is 0.636. The maximum atomic E-state index is 5.38. The molecule has 2 heterocycles. The molecule has 2 saturated heterocycles. The molecule has 0 saturated carbocycles. The minimum Gasteiger partial charge on any atom is -0.314 e. The molecule has 2 unspecified atom stereocenters. The second-order valence-electron chi connectivity index (χ2n) is 4.08. The summed E-state index contributed by atoms with van der Waals surface area (Å²) in [5, 5.41) is 3.42. The Morgan fingerprint density at radius 1 is 1.29 bits per heavy atom. The Labute approximate surface area is 83.4 Å². The number of benzene rings is 1. The molecule has 3 heteroatoms. The highest BCUT2D eigenvalue weighted by Gasteiger charge is 2.48. The molecule has 0 spiro atoms. The molecular weight excluding hydrogens is 176 g/mol. The van der Waals surface area contributed by atoms with Gasteiger partial charge < -0.3 is 10.2 Å². The maximum absolute atomic E-state index is 5.38.